The fourth-order valence-electron chi connectivity index (χ4n) is 2.56. The maximum atomic E-state index is 4.40. The van der Waals surface area contributed by atoms with Gasteiger partial charge in [-0.1, -0.05) is 0 Å². The number of aliphatic imine (C=N–C) groups is 1. The molecule has 130 valence electrons. The second-order valence-corrected chi connectivity index (χ2v) is 6.59. The molecule has 1 N–H and O–H groups in total. The van der Waals surface area contributed by atoms with Crippen molar-refractivity contribution in [3.8, 4) is 0 Å². The topological polar surface area (TPSA) is 69.5 Å². The minimum absolute atomic E-state index is 0. The molecule has 0 aliphatic carbocycles. The van der Waals surface area contributed by atoms with Crippen LogP contribution in [0.2, 0.25) is 0 Å². The Hall–Kier alpha value is -1.49. The lowest BCUT2D eigenvalue weighted by Crippen LogP contribution is -2.52. The first kappa shape index (κ1) is 18.8. The molecule has 2 aromatic rings. The van der Waals surface area contributed by atoms with E-state index in [4.69, 9.17) is 0 Å². The molecule has 1 saturated heterocycles. The highest BCUT2D eigenvalue weighted by atomic mass is 127. The average Bonchev–Trinajstić information content (AvgIpc) is 3.02. The smallest absolute Gasteiger partial charge is 0.225 e. The molecule has 1 fully saturated rings. The molecule has 1 aliphatic rings. The Morgan fingerprint density at radius 2 is 1.92 bits per heavy atom. The van der Waals surface area contributed by atoms with Crippen molar-refractivity contribution in [3.63, 3.8) is 0 Å². The van der Waals surface area contributed by atoms with Crippen molar-refractivity contribution in [1.29, 1.82) is 0 Å². The van der Waals surface area contributed by atoms with E-state index in [1.165, 1.54) is 4.88 Å². The summed E-state index contributed by atoms with van der Waals surface area (Å²) in [6.45, 7) is 6.38. The van der Waals surface area contributed by atoms with E-state index in [1.54, 1.807) is 23.7 Å². The van der Waals surface area contributed by atoms with Gasteiger partial charge in [0.15, 0.2) is 5.96 Å². The highest BCUT2D eigenvalue weighted by molar-refractivity contribution is 14.0. The molecule has 0 aromatic carbocycles. The number of halogens is 1. The molecule has 3 rings (SSSR count). The van der Waals surface area contributed by atoms with Crippen LogP contribution in [-0.2, 0) is 6.54 Å². The van der Waals surface area contributed by atoms with Crippen LogP contribution in [0.1, 0.15) is 9.88 Å². The largest absolute Gasteiger partial charge is 0.351 e. The van der Waals surface area contributed by atoms with Crippen LogP contribution in [0.5, 0.6) is 0 Å². The van der Waals surface area contributed by atoms with Crippen molar-refractivity contribution in [2.75, 3.05) is 38.1 Å². The summed E-state index contributed by atoms with van der Waals surface area (Å²) in [5.74, 6) is 1.74. The van der Waals surface area contributed by atoms with E-state index in [0.29, 0.717) is 0 Å². The van der Waals surface area contributed by atoms with Gasteiger partial charge in [0.25, 0.3) is 0 Å². The molecule has 2 aromatic heterocycles. The first-order chi connectivity index (χ1) is 11.3. The van der Waals surface area contributed by atoms with Gasteiger partial charge in [0.05, 0.1) is 11.6 Å². The Morgan fingerprint density at radius 3 is 2.50 bits per heavy atom. The number of hydrogen-bond donors (Lipinski definition) is 1. The summed E-state index contributed by atoms with van der Waals surface area (Å²) in [5, 5.41) is 4.51. The second kappa shape index (κ2) is 9.11. The standard InChI is InChI=1S/C15H21N7S.HI/c1-12-19-10-13(23-12)11-20-14(16-2)21-6-8-22(9-7-21)15-17-4-3-5-18-15;/h3-5,10H,6-9,11H2,1-2H3,(H,16,20);1H. The van der Waals surface area contributed by atoms with Crippen molar-refractivity contribution in [2.45, 2.75) is 13.5 Å². The van der Waals surface area contributed by atoms with Gasteiger partial charge in [-0.15, -0.1) is 35.3 Å². The van der Waals surface area contributed by atoms with E-state index >= 15 is 0 Å². The Kier molecular flexibility index (Phi) is 7.16. The zero-order valence-corrected chi connectivity index (χ0v) is 17.0. The van der Waals surface area contributed by atoms with Gasteiger partial charge in [0, 0.05) is 56.7 Å². The fourth-order valence-corrected chi connectivity index (χ4v) is 3.29. The number of aromatic nitrogens is 3. The van der Waals surface area contributed by atoms with Crippen molar-refractivity contribution < 1.29 is 0 Å². The molecule has 0 spiro atoms. The van der Waals surface area contributed by atoms with Gasteiger partial charge in [-0.2, -0.15) is 0 Å². The third-order valence-corrected chi connectivity index (χ3v) is 4.63. The SMILES string of the molecule is CN=C(NCc1cnc(C)s1)N1CCN(c2ncccn2)CC1.I. The zero-order valence-electron chi connectivity index (χ0n) is 13.8. The quantitative estimate of drug-likeness (QED) is 0.429. The van der Waals surface area contributed by atoms with E-state index in [2.05, 4.69) is 35.1 Å². The van der Waals surface area contributed by atoms with Crippen LogP contribution in [0.15, 0.2) is 29.6 Å². The maximum absolute atomic E-state index is 4.40. The summed E-state index contributed by atoms with van der Waals surface area (Å²) in [6.07, 6.45) is 5.49. The predicted octanol–water partition coefficient (Wildman–Crippen LogP) is 1.76. The summed E-state index contributed by atoms with van der Waals surface area (Å²) >= 11 is 1.71. The number of aryl methyl sites for hydroxylation is 1. The Balaban J connectivity index is 0.00000208. The predicted molar refractivity (Wildman–Crippen MR) is 108 cm³/mol. The first-order valence-corrected chi connectivity index (χ1v) is 8.47. The van der Waals surface area contributed by atoms with Gasteiger partial charge < -0.3 is 15.1 Å². The molecule has 0 atom stereocenters. The normalized spacial score (nSPS) is 15.2. The molecular formula is C15H22IN7S. The summed E-state index contributed by atoms with van der Waals surface area (Å²) in [6, 6.07) is 1.84. The second-order valence-electron chi connectivity index (χ2n) is 5.27. The van der Waals surface area contributed by atoms with Gasteiger partial charge in [-0.3, -0.25) is 4.99 Å². The highest BCUT2D eigenvalue weighted by Gasteiger charge is 2.21. The van der Waals surface area contributed by atoms with Crippen LogP contribution >= 0.6 is 35.3 Å². The van der Waals surface area contributed by atoms with Crippen LogP contribution in [0, 0.1) is 6.92 Å². The molecule has 1 aliphatic heterocycles. The number of nitrogens with zero attached hydrogens (tertiary/aromatic N) is 6. The molecule has 0 saturated carbocycles. The van der Waals surface area contributed by atoms with Crippen LogP contribution in [0.25, 0.3) is 0 Å². The van der Waals surface area contributed by atoms with E-state index in [0.717, 1.165) is 49.6 Å². The molecule has 0 unspecified atom stereocenters. The molecule has 0 radical (unpaired) electrons. The number of hydrogen-bond acceptors (Lipinski definition) is 6. The summed E-state index contributed by atoms with van der Waals surface area (Å²) in [7, 11) is 1.83. The number of rotatable bonds is 3. The fraction of sp³-hybridized carbons (Fsp3) is 0.467. The lowest BCUT2D eigenvalue weighted by Gasteiger charge is -2.36. The molecule has 7 nitrogen and oxygen atoms in total. The Bertz CT molecular complexity index is 653. The maximum Gasteiger partial charge on any atom is 0.225 e. The lowest BCUT2D eigenvalue weighted by molar-refractivity contribution is 0.370. The summed E-state index contributed by atoms with van der Waals surface area (Å²) in [4.78, 5) is 23.0. The van der Waals surface area contributed by atoms with E-state index in [1.807, 2.05) is 26.2 Å². The zero-order chi connectivity index (χ0) is 16.1. The first-order valence-electron chi connectivity index (χ1n) is 7.65. The van der Waals surface area contributed by atoms with Gasteiger partial charge in [-0.25, -0.2) is 15.0 Å². The molecule has 9 heteroatoms. The number of guanidine groups is 1. The molecule has 0 amide bonds. The Labute approximate surface area is 163 Å². The number of thiazole rings is 1. The van der Waals surface area contributed by atoms with E-state index in [9.17, 15) is 0 Å². The van der Waals surface area contributed by atoms with Gasteiger partial charge >= 0.3 is 0 Å². The highest BCUT2D eigenvalue weighted by Crippen LogP contribution is 2.12. The number of nitrogens with one attached hydrogen (secondary N) is 1. The summed E-state index contributed by atoms with van der Waals surface area (Å²) in [5.41, 5.74) is 0. The number of piperazine rings is 1. The van der Waals surface area contributed by atoms with E-state index in [-0.39, 0.29) is 24.0 Å². The molecule has 24 heavy (non-hydrogen) atoms. The van der Waals surface area contributed by atoms with Crippen molar-refractivity contribution in [1.82, 2.24) is 25.2 Å². The van der Waals surface area contributed by atoms with Crippen molar-refractivity contribution >= 4 is 47.2 Å². The third-order valence-electron chi connectivity index (χ3n) is 3.72. The number of anilines is 1. The minimum Gasteiger partial charge on any atom is -0.351 e. The van der Waals surface area contributed by atoms with Crippen LogP contribution in [0.3, 0.4) is 0 Å². The average molecular weight is 459 g/mol. The monoisotopic (exact) mass is 459 g/mol. The third kappa shape index (κ3) is 4.76. The van der Waals surface area contributed by atoms with Crippen LogP contribution in [0.4, 0.5) is 5.95 Å². The van der Waals surface area contributed by atoms with Gasteiger partial charge in [0.1, 0.15) is 0 Å². The molecule has 0 bridgehead atoms. The minimum atomic E-state index is 0. The Morgan fingerprint density at radius 1 is 1.21 bits per heavy atom. The van der Waals surface area contributed by atoms with Crippen LogP contribution in [-0.4, -0.2) is 59.0 Å². The van der Waals surface area contributed by atoms with Gasteiger partial charge in [0.2, 0.25) is 5.95 Å². The van der Waals surface area contributed by atoms with Crippen molar-refractivity contribution in [3.05, 3.63) is 34.5 Å². The lowest BCUT2D eigenvalue weighted by atomic mass is 10.3. The summed E-state index contributed by atoms with van der Waals surface area (Å²) < 4.78 is 0. The van der Waals surface area contributed by atoms with Crippen LogP contribution < -0.4 is 10.2 Å². The van der Waals surface area contributed by atoms with Crippen molar-refractivity contribution in [2.24, 2.45) is 4.99 Å². The van der Waals surface area contributed by atoms with E-state index < -0.39 is 0 Å². The molecular weight excluding hydrogens is 437 g/mol. The molecule has 3 heterocycles. The van der Waals surface area contributed by atoms with Gasteiger partial charge in [-0.05, 0) is 13.0 Å².